The van der Waals surface area contributed by atoms with Crippen LogP contribution in [0.25, 0.3) is 0 Å². The van der Waals surface area contributed by atoms with Gasteiger partial charge in [0.15, 0.2) is 6.10 Å². The van der Waals surface area contributed by atoms with Crippen LogP contribution in [0.2, 0.25) is 0 Å². The Morgan fingerprint density at radius 1 is 0.337 bits per heavy atom. The average Bonchev–Trinajstić information content (AvgIpc) is 2.34. The van der Waals surface area contributed by atoms with E-state index in [2.05, 4.69) is 208 Å². The van der Waals surface area contributed by atoms with Crippen molar-refractivity contribution in [2.45, 2.75) is 264 Å². The molecule has 0 aromatic carbocycles. The predicted octanol–water partition coefficient (Wildman–Crippen LogP) is 24.0. The first-order chi connectivity index (χ1) is 45.0. The molecule has 0 aliphatic carbocycles. The van der Waals surface area contributed by atoms with Crippen molar-refractivity contribution in [3.05, 3.63) is 194 Å². The van der Waals surface area contributed by atoms with Crippen LogP contribution in [0.15, 0.2) is 194 Å². The summed E-state index contributed by atoms with van der Waals surface area (Å²) >= 11 is 0. The van der Waals surface area contributed by atoms with Crippen molar-refractivity contribution in [3.63, 3.8) is 0 Å². The molecule has 0 amide bonds. The van der Waals surface area contributed by atoms with Gasteiger partial charge < -0.3 is 18.9 Å². The Morgan fingerprint density at radius 3 is 0.870 bits per heavy atom. The van der Waals surface area contributed by atoms with E-state index in [1.165, 1.54) is 51.4 Å². The van der Waals surface area contributed by atoms with E-state index in [9.17, 15) is 19.0 Å². The molecule has 9 nitrogen and oxygen atoms in total. The molecule has 0 saturated carbocycles. The standard InChI is InChI=1S/C82H132NO8P/c1-6-8-10-12-14-16-18-20-22-24-26-28-30-32-34-36-38-39-40-41-42-43-45-47-49-51-53-55-57-59-61-63-65-67-69-71-73-75-82(85)91-80(79-90-92(86,87)89-77-76-83(3,4)5)78-88-81(84)74-72-70-68-66-64-62-60-58-56-54-52-50-48-46-44-37-35-33-31-29-27-25-23-21-19-17-15-13-11-9-7-2/h8-11,14-17,20-23,26-29,32-35,38-39,41-42,44-47,50,52,56,58,80H,6-7,12-13,18-19,24-25,30-31,36-37,40,43,48-49,51,53-55,57,59-79H2,1-5H3/p+1/b10-8-,11-9-,16-14-,17-15-,22-20-,23-21-,28-26-,29-27-,34-32-,35-33-,39-38-,42-41-,46-44-,47-45-,52-50-,58-56-. The molecule has 0 fully saturated rings. The molecule has 2 unspecified atom stereocenters. The van der Waals surface area contributed by atoms with Crippen LogP contribution in [0.1, 0.15) is 258 Å². The number of rotatable bonds is 64. The van der Waals surface area contributed by atoms with Gasteiger partial charge in [0.25, 0.3) is 0 Å². The maximum absolute atomic E-state index is 12.9. The molecule has 0 aromatic rings. The smallest absolute Gasteiger partial charge is 0.462 e. The summed E-state index contributed by atoms with van der Waals surface area (Å²) in [6.45, 7) is 4.17. The number of unbranched alkanes of at least 4 members (excludes halogenated alkanes) is 18. The number of nitrogens with zero attached hydrogens (tertiary/aromatic N) is 1. The van der Waals surface area contributed by atoms with E-state index in [1.54, 1.807) is 0 Å². The molecular weight excluding hydrogens is 1160 g/mol. The molecule has 0 heterocycles. The van der Waals surface area contributed by atoms with Gasteiger partial charge in [0, 0.05) is 12.8 Å². The highest BCUT2D eigenvalue weighted by atomic mass is 31.2. The van der Waals surface area contributed by atoms with E-state index < -0.39 is 26.5 Å². The van der Waals surface area contributed by atoms with Gasteiger partial charge in [-0.15, -0.1) is 0 Å². The summed E-state index contributed by atoms with van der Waals surface area (Å²) in [4.78, 5) is 35.9. The Morgan fingerprint density at radius 2 is 0.587 bits per heavy atom. The molecule has 1 N–H and O–H groups in total. The zero-order chi connectivity index (χ0) is 66.9. The molecular formula is C82H133NO8P+. The van der Waals surface area contributed by atoms with Gasteiger partial charge in [0.1, 0.15) is 19.8 Å². The number of likely N-dealkylation sites (N-methyl/N-ethyl adjacent to an activating group) is 1. The minimum atomic E-state index is -4.41. The van der Waals surface area contributed by atoms with Crippen LogP contribution in [-0.2, 0) is 32.7 Å². The number of ether oxygens (including phenoxy) is 2. The molecule has 0 radical (unpaired) electrons. The lowest BCUT2D eigenvalue weighted by molar-refractivity contribution is -0.870. The topological polar surface area (TPSA) is 108 Å². The number of carbonyl (C=O) groups is 2. The van der Waals surface area contributed by atoms with Gasteiger partial charge in [-0.1, -0.05) is 298 Å². The lowest BCUT2D eigenvalue weighted by atomic mass is 10.0. The van der Waals surface area contributed by atoms with Gasteiger partial charge >= 0.3 is 19.8 Å². The number of quaternary nitrogens is 1. The van der Waals surface area contributed by atoms with Crippen molar-refractivity contribution in [1.82, 2.24) is 0 Å². The van der Waals surface area contributed by atoms with Gasteiger partial charge in [-0.3, -0.25) is 18.6 Å². The minimum Gasteiger partial charge on any atom is -0.462 e. The summed E-state index contributed by atoms with van der Waals surface area (Å²) in [5.74, 6) is -0.828. The second kappa shape index (κ2) is 70.2. The molecule has 0 saturated heterocycles. The molecule has 0 rings (SSSR count). The molecule has 92 heavy (non-hydrogen) atoms. The fourth-order valence-electron chi connectivity index (χ4n) is 9.16. The SMILES string of the molecule is CC/C=C\C/C=C\C/C=C\C/C=C\C/C=C\C/C=C\C/C=C\C/C=C\CCCCCCCCCCCCCCC(=O)OC(COC(=O)CCCCCCCC/C=C\C/C=C\C/C=C\C/C=C\C/C=C\C/C=C\C/C=C\C/C=C\CC)COP(=O)(O)OCC[N+](C)(C)C. The van der Waals surface area contributed by atoms with E-state index in [0.29, 0.717) is 23.9 Å². The average molecular weight is 1290 g/mol. The lowest BCUT2D eigenvalue weighted by Gasteiger charge is -2.24. The van der Waals surface area contributed by atoms with Crippen molar-refractivity contribution in [1.29, 1.82) is 0 Å². The fourth-order valence-corrected chi connectivity index (χ4v) is 9.91. The molecule has 518 valence electrons. The molecule has 0 aliphatic rings. The van der Waals surface area contributed by atoms with Gasteiger partial charge in [-0.25, -0.2) is 4.57 Å². The number of allylic oxidation sites excluding steroid dienone is 32. The summed E-state index contributed by atoms with van der Waals surface area (Å²) in [7, 11) is 1.44. The van der Waals surface area contributed by atoms with Crippen LogP contribution < -0.4 is 0 Å². The lowest BCUT2D eigenvalue weighted by Crippen LogP contribution is -2.37. The second-order valence-electron chi connectivity index (χ2n) is 24.5. The first-order valence-electron chi connectivity index (χ1n) is 36.2. The maximum Gasteiger partial charge on any atom is 0.472 e. The maximum atomic E-state index is 12.9. The van der Waals surface area contributed by atoms with Crippen LogP contribution in [0.5, 0.6) is 0 Å². The monoisotopic (exact) mass is 1290 g/mol. The van der Waals surface area contributed by atoms with Crippen molar-refractivity contribution >= 4 is 19.8 Å². The molecule has 0 aliphatic heterocycles. The summed E-state index contributed by atoms with van der Waals surface area (Å²) in [6, 6.07) is 0. The number of hydrogen-bond acceptors (Lipinski definition) is 7. The second-order valence-corrected chi connectivity index (χ2v) is 26.0. The summed E-state index contributed by atoms with van der Waals surface area (Å²) < 4.78 is 34.7. The van der Waals surface area contributed by atoms with E-state index in [0.717, 1.165) is 167 Å². The van der Waals surface area contributed by atoms with Crippen LogP contribution >= 0.6 is 7.82 Å². The Hall–Kier alpha value is -5.15. The van der Waals surface area contributed by atoms with E-state index in [-0.39, 0.29) is 32.0 Å². The molecule has 2 atom stereocenters. The highest BCUT2D eigenvalue weighted by Crippen LogP contribution is 2.43. The number of hydrogen-bond donors (Lipinski definition) is 1. The third kappa shape index (κ3) is 73.9. The number of phosphoric acid groups is 1. The minimum absolute atomic E-state index is 0.0186. The number of esters is 2. The Kier molecular flexibility index (Phi) is 66.2. The van der Waals surface area contributed by atoms with Crippen LogP contribution in [0.4, 0.5) is 0 Å². The predicted molar refractivity (Wildman–Crippen MR) is 399 cm³/mol. The normalized spacial score (nSPS) is 14.3. The van der Waals surface area contributed by atoms with Gasteiger partial charge in [-0.2, -0.15) is 0 Å². The quantitative estimate of drug-likeness (QED) is 0.0211. The summed E-state index contributed by atoms with van der Waals surface area (Å²) in [5, 5.41) is 0. The third-order valence-corrected chi connectivity index (χ3v) is 15.6. The molecule has 10 heteroatoms. The largest absolute Gasteiger partial charge is 0.472 e. The van der Waals surface area contributed by atoms with Crippen molar-refractivity contribution in [2.24, 2.45) is 0 Å². The highest BCUT2D eigenvalue weighted by Gasteiger charge is 2.27. The van der Waals surface area contributed by atoms with Crippen molar-refractivity contribution < 1.29 is 42.1 Å². The fraction of sp³-hybridized carbons (Fsp3) is 0.585. The van der Waals surface area contributed by atoms with Crippen molar-refractivity contribution in [2.75, 3.05) is 47.5 Å². The summed E-state index contributed by atoms with van der Waals surface area (Å²) in [6.07, 6.45) is 110. The van der Waals surface area contributed by atoms with Crippen LogP contribution in [0, 0.1) is 0 Å². The van der Waals surface area contributed by atoms with Crippen molar-refractivity contribution in [3.8, 4) is 0 Å². The first-order valence-corrected chi connectivity index (χ1v) is 37.7. The molecule has 0 aromatic heterocycles. The number of carbonyl (C=O) groups excluding carboxylic acids is 2. The molecule has 0 bridgehead atoms. The zero-order valence-corrected chi connectivity index (χ0v) is 59.8. The Balaban J connectivity index is 4.15. The van der Waals surface area contributed by atoms with E-state index in [4.69, 9.17) is 18.5 Å². The van der Waals surface area contributed by atoms with Gasteiger partial charge in [0.2, 0.25) is 0 Å². The third-order valence-electron chi connectivity index (χ3n) is 14.6. The Bertz CT molecular complexity index is 2260. The Labute approximate surface area is 564 Å². The van der Waals surface area contributed by atoms with Gasteiger partial charge in [-0.05, 0) is 141 Å². The first kappa shape index (κ1) is 86.9. The van der Waals surface area contributed by atoms with Crippen LogP contribution in [0.3, 0.4) is 0 Å². The molecule has 0 spiro atoms. The van der Waals surface area contributed by atoms with Crippen LogP contribution in [-0.4, -0.2) is 74.9 Å². The van der Waals surface area contributed by atoms with Gasteiger partial charge in [0.05, 0.1) is 27.7 Å². The van der Waals surface area contributed by atoms with E-state index >= 15 is 0 Å². The number of phosphoric ester groups is 1. The zero-order valence-electron chi connectivity index (χ0n) is 59.0. The van der Waals surface area contributed by atoms with E-state index in [1.807, 2.05) is 21.1 Å². The summed E-state index contributed by atoms with van der Waals surface area (Å²) in [5.41, 5.74) is 0. The highest BCUT2D eigenvalue weighted by molar-refractivity contribution is 7.47.